The lowest BCUT2D eigenvalue weighted by Crippen LogP contribution is -2.56. The fraction of sp³-hybridized carbons (Fsp3) is 1.00. The predicted octanol–water partition coefficient (Wildman–Crippen LogP) is 2.32. The lowest BCUT2D eigenvalue weighted by molar-refractivity contribution is -0.167. The molecule has 2 nitrogen and oxygen atoms in total. The van der Waals surface area contributed by atoms with Crippen molar-refractivity contribution in [3.05, 3.63) is 0 Å². The van der Waals surface area contributed by atoms with Gasteiger partial charge in [0.1, 0.15) is 0 Å². The lowest BCUT2D eigenvalue weighted by atomic mass is 9.47. The average molecular weight is 223 g/mol. The van der Waals surface area contributed by atoms with E-state index in [1.54, 1.807) is 0 Å². The van der Waals surface area contributed by atoms with Crippen molar-refractivity contribution in [3.63, 3.8) is 0 Å². The smallest absolute Gasteiger partial charge is 0.0658 e. The summed E-state index contributed by atoms with van der Waals surface area (Å²) in [4.78, 5) is 0. The molecule has 0 spiro atoms. The van der Waals surface area contributed by atoms with Gasteiger partial charge in [0.2, 0.25) is 0 Å². The van der Waals surface area contributed by atoms with Crippen LogP contribution in [0.2, 0.25) is 0 Å². The van der Waals surface area contributed by atoms with E-state index in [-0.39, 0.29) is 5.60 Å². The quantitative estimate of drug-likeness (QED) is 0.769. The van der Waals surface area contributed by atoms with Gasteiger partial charge in [-0.2, -0.15) is 0 Å². The van der Waals surface area contributed by atoms with Crippen molar-refractivity contribution in [2.24, 2.45) is 17.3 Å². The van der Waals surface area contributed by atoms with Crippen LogP contribution in [0.25, 0.3) is 0 Å². The second kappa shape index (κ2) is 3.46. The van der Waals surface area contributed by atoms with Gasteiger partial charge in [-0.05, 0) is 76.2 Å². The minimum absolute atomic E-state index is 0.280. The van der Waals surface area contributed by atoms with E-state index in [0.717, 1.165) is 31.1 Å². The SMILES string of the molecule is CN[C@H](C)CC12C[C@@H]3C[C@H](CC(O)(C3)C1)C2. The van der Waals surface area contributed by atoms with Crippen molar-refractivity contribution in [2.75, 3.05) is 7.05 Å². The maximum Gasteiger partial charge on any atom is 0.0658 e. The van der Waals surface area contributed by atoms with Crippen LogP contribution in [0.4, 0.5) is 0 Å². The molecule has 0 saturated heterocycles. The van der Waals surface area contributed by atoms with Crippen LogP contribution in [0.15, 0.2) is 0 Å². The average Bonchev–Trinajstić information content (AvgIpc) is 2.12. The van der Waals surface area contributed by atoms with Crippen LogP contribution in [0.5, 0.6) is 0 Å². The van der Waals surface area contributed by atoms with E-state index in [4.69, 9.17) is 0 Å². The van der Waals surface area contributed by atoms with Crippen molar-refractivity contribution in [1.29, 1.82) is 0 Å². The van der Waals surface area contributed by atoms with Crippen molar-refractivity contribution >= 4 is 0 Å². The van der Waals surface area contributed by atoms with Crippen LogP contribution in [-0.4, -0.2) is 23.8 Å². The Hall–Kier alpha value is -0.0800. The summed E-state index contributed by atoms with van der Waals surface area (Å²) < 4.78 is 0. The van der Waals surface area contributed by atoms with E-state index in [9.17, 15) is 5.11 Å². The molecule has 2 heteroatoms. The molecule has 0 amide bonds. The molecule has 4 saturated carbocycles. The minimum atomic E-state index is -0.280. The molecule has 4 fully saturated rings. The Morgan fingerprint density at radius 2 is 1.88 bits per heavy atom. The summed E-state index contributed by atoms with van der Waals surface area (Å²) in [5, 5.41) is 14.0. The van der Waals surface area contributed by atoms with E-state index in [1.807, 2.05) is 0 Å². The van der Waals surface area contributed by atoms with Crippen LogP contribution < -0.4 is 5.32 Å². The van der Waals surface area contributed by atoms with Gasteiger partial charge in [0.25, 0.3) is 0 Å². The molecule has 4 aliphatic rings. The molecule has 3 atom stereocenters. The second-order valence-corrected chi connectivity index (χ2v) is 7.08. The summed E-state index contributed by atoms with van der Waals surface area (Å²) in [5.41, 5.74) is 0.193. The van der Waals surface area contributed by atoms with Gasteiger partial charge in [-0.1, -0.05) is 0 Å². The standard InChI is InChI=1S/C14H25NO/c1-10(15-2)4-13-5-11-3-12(6-13)8-14(16,7-11)9-13/h10-12,15-16H,3-9H2,1-2H3/t10-,11+,12+,13?,14?/m1/s1. The highest BCUT2D eigenvalue weighted by Gasteiger charge is 2.56. The molecule has 4 aliphatic carbocycles. The fourth-order valence-electron chi connectivity index (χ4n) is 5.39. The Labute approximate surface area is 98.8 Å². The summed E-state index contributed by atoms with van der Waals surface area (Å²) in [6.45, 7) is 2.28. The highest BCUT2D eigenvalue weighted by Crippen LogP contribution is 2.63. The van der Waals surface area contributed by atoms with Gasteiger partial charge >= 0.3 is 0 Å². The second-order valence-electron chi connectivity index (χ2n) is 7.08. The van der Waals surface area contributed by atoms with E-state index in [0.29, 0.717) is 11.5 Å². The summed E-state index contributed by atoms with van der Waals surface area (Å²) in [5.74, 6) is 1.66. The molecular formula is C14H25NO. The first-order valence-electron chi connectivity index (χ1n) is 6.92. The molecule has 4 bridgehead atoms. The first kappa shape index (κ1) is 11.0. The van der Waals surface area contributed by atoms with Crippen molar-refractivity contribution < 1.29 is 5.11 Å². The van der Waals surface area contributed by atoms with Gasteiger partial charge < -0.3 is 10.4 Å². The summed E-state index contributed by atoms with van der Waals surface area (Å²) in [6, 6.07) is 0.597. The Morgan fingerprint density at radius 3 is 2.38 bits per heavy atom. The summed E-state index contributed by atoms with van der Waals surface area (Å²) >= 11 is 0. The van der Waals surface area contributed by atoms with Crippen LogP contribution in [0.1, 0.15) is 51.9 Å². The third kappa shape index (κ3) is 1.70. The van der Waals surface area contributed by atoms with Crippen LogP contribution in [0, 0.1) is 17.3 Å². The molecule has 0 unspecified atom stereocenters. The number of nitrogens with one attached hydrogen (secondary N) is 1. The van der Waals surface area contributed by atoms with E-state index in [2.05, 4.69) is 19.3 Å². The summed E-state index contributed by atoms with van der Waals surface area (Å²) in [6.07, 6.45) is 8.71. The van der Waals surface area contributed by atoms with Crippen molar-refractivity contribution in [3.8, 4) is 0 Å². The van der Waals surface area contributed by atoms with Gasteiger partial charge in [-0.25, -0.2) is 0 Å². The molecule has 2 N–H and O–H groups in total. The Balaban J connectivity index is 1.81. The number of rotatable bonds is 3. The van der Waals surface area contributed by atoms with Gasteiger partial charge in [0.15, 0.2) is 0 Å². The Morgan fingerprint density at radius 1 is 1.25 bits per heavy atom. The largest absolute Gasteiger partial charge is 0.390 e. The maximum absolute atomic E-state index is 10.6. The van der Waals surface area contributed by atoms with Crippen molar-refractivity contribution in [2.45, 2.75) is 63.5 Å². The van der Waals surface area contributed by atoms with Crippen LogP contribution >= 0.6 is 0 Å². The minimum Gasteiger partial charge on any atom is -0.390 e. The third-order valence-electron chi connectivity index (χ3n) is 5.38. The number of hydrogen-bond donors (Lipinski definition) is 2. The van der Waals surface area contributed by atoms with Crippen molar-refractivity contribution in [1.82, 2.24) is 5.32 Å². The van der Waals surface area contributed by atoms with E-state index >= 15 is 0 Å². The lowest BCUT2D eigenvalue weighted by Gasteiger charge is -2.61. The Kier molecular flexibility index (Phi) is 2.38. The van der Waals surface area contributed by atoms with Gasteiger partial charge in [-0.3, -0.25) is 0 Å². The molecule has 0 aromatic rings. The van der Waals surface area contributed by atoms with Crippen LogP contribution in [0.3, 0.4) is 0 Å². The topological polar surface area (TPSA) is 32.3 Å². The van der Waals surface area contributed by atoms with Gasteiger partial charge in [0, 0.05) is 6.04 Å². The zero-order valence-corrected chi connectivity index (χ0v) is 10.6. The molecular weight excluding hydrogens is 198 g/mol. The third-order valence-corrected chi connectivity index (χ3v) is 5.38. The molecule has 0 aromatic carbocycles. The molecule has 0 radical (unpaired) electrons. The van der Waals surface area contributed by atoms with Crippen LogP contribution in [-0.2, 0) is 0 Å². The molecule has 16 heavy (non-hydrogen) atoms. The summed E-state index contributed by atoms with van der Waals surface area (Å²) in [7, 11) is 2.06. The Bertz CT molecular complexity index is 274. The highest BCUT2D eigenvalue weighted by atomic mass is 16.3. The first-order valence-corrected chi connectivity index (χ1v) is 6.92. The predicted molar refractivity (Wildman–Crippen MR) is 65.2 cm³/mol. The maximum atomic E-state index is 10.6. The molecule has 92 valence electrons. The fourth-order valence-corrected chi connectivity index (χ4v) is 5.39. The van der Waals surface area contributed by atoms with E-state index in [1.165, 1.54) is 25.7 Å². The zero-order valence-electron chi connectivity index (χ0n) is 10.6. The zero-order chi connectivity index (χ0) is 11.4. The molecule has 0 heterocycles. The first-order chi connectivity index (χ1) is 7.53. The number of aliphatic hydroxyl groups is 1. The highest BCUT2D eigenvalue weighted by molar-refractivity contribution is 5.08. The monoisotopic (exact) mass is 223 g/mol. The van der Waals surface area contributed by atoms with E-state index < -0.39 is 0 Å². The molecule has 0 aromatic heterocycles. The molecule has 0 aliphatic heterocycles. The number of hydrogen-bond acceptors (Lipinski definition) is 2. The van der Waals surface area contributed by atoms with Gasteiger partial charge in [0.05, 0.1) is 5.60 Å². The normalized spacial score (nSPS) is 51.9. The molecule has 4 rings (SSSR count). The van der Waals surface area contributed by atoms with Gasteiger partial charge in [-0.15, -0.1) is 0 Å².